The van der Waals surface area contributed by atoms with Crippen LogP contribution in [-0.2, 0) is 9.53 Å². The van der Waals surface area contributed by atoms with Crippen LogP contribution in [0.3, 0.4) is 0 Å². The summed E-state index contributed by atoms with van der Waals surface area (Å²) >= 11 is 0. The molecule has 0 aromatic heterocycles. The molecule has 2 nitrogen and oxygen atoms in total. The molecule has 0 aromatic rings. The molecule has 0 saturated heterocycles. The quantitative estimate of drug-likeness (QED) is 0.246. The predicted octanol–water partition coefficient (Wildman–Crippen LogP) is 1.29. The Morgan fingerprint density at radius 1 is 1.67 bits per heavy atom. The molecule has 9 heavy (non-hydrogen) atoms. The van der Waals surface area contributed by atoms with Gasteiger partial charge in [0.15, 0.2) is 0 Å². The maximum Gasteiger partial charge on any atom is 0.145 e. The highest BCUT2D eigenvalue weighted by Crippen LogP contribution is 1.96. The van der Waals surface area contributed by atoms with E-state index in [9.17, 15) is 4.79 Å². The summed E-state index contributed by atoms with van der Waals surface area (Å²) < 4.78 is 4.69. The van der Waals surface area contributed by atoms with Gasteiger partial charge in [0.1, 0.15) is 12.0 Å². The maximum absolute atomic E-state index is 9.99. The van der Waals surface area contributed by atoms with Gasteiger partial charge in [0.25, 0.3) is 0 Å². The summed E-state index contributed by atoms with van der Waals surface area (Å²) in [6.07, 6.45) is 2.33. The molecule has 0 amide bonds. The molecule has 0 fully saturated rings. The lowest BCUT2D eigenvalue weighted by Gasteiger charge is -1.94. The molecular weight excluding hydrogens is 116 g/mol. The molecule has 0 aliphatic heterocycles. The van der Waals surface area contributed by atoms with Gasteiger partial charge in [-0.05, 0) is 18.6 Å². The van der Waals surface area contributed by atoms with Crippen LogP contribution in [0.2, 0.25) is 0 Å². The van der Waals surface area contributed by atoms with Crippen LogP contribution in [0.1, 0.15) is 6.92 Å². The van der Waals surface area contributed by atoms with Crippen molar-refractivity contribution in [3.8, 4) is 0 Å². The highest BCUT2D eigenvalue weighted by atomic mass is 16.5. The summed E-state index contributed by atoms with van der Waals surface area (Å²) in [5, 5.41) is 0. The van der Waals surface area contributed by atoms with Crippen LogP contribution in [0.5, 0.6) is 0 Å². The largest absolute Gasteiger partial charge is 0.497 e. The van der Waals surface area contributed by atoms with Gasteiger partial charge in [0, 0.05) is 0 Å². The van der Waals surface area contributed by atoms with E-state index in [1.165, 1.54) is 7.11 Å². The van der Waals surface area contributed by atoms with Gasteiger partial charge in [-0.25, -0.2) is 0 Å². The number of methoxy groups -OCH3 is 1. The minimum atomic E-state index is 0.500. The summed E-state index contributed by atoms with van der Waals surface area (Å²) in [7, 11) is 1.51. The maximum atomic E-state index is 9.99. The van der Waals surface area contributed by atoms with Gasteiger partial charge < -0.3 is 4.74 Å². The number of allylic oxidation sites excluding steroid dienone is 2. The Hall–Kier alpha value is -1.05. The van der Waals surface area contributed by atoms with Crippen molar-refractivity contribution < 1.29 is 9.53 Å². The first kappa shape index (κ1) is 7.95. The fraction of sp³-hybridized carbons (Fsp3) is 0.286. The molecule has 0 heterocycles. The zero-order valence-corrected chi connectivity index (χ0v) is 5.68. The smallest absolute Gasteiger partial charge is 0.145 e. The third-order valence-corrected chi connectivity index (χ3v) is 0.837. The third kappa shape index (κ3) is 3.53. The normalized spacial score (nSPS) is 10.7. The number of aldehydes is 1. The first-order chi connectivity index (χ1) is 4.20. The number of hydrogen-bond acceptors (Lipinski definition) is 2. The molecule has 0 aliphatic carbocycles. The van der Waals surface area contributed by atoms with E-state index in [1.54, 1.807) is 13.0 Å². The summed E-state index contributed by atoms with van der Waals surface area (Å²) in [6, 6.07) is 0. The second-order valence-electron chi connectivity index (χ2n) is 1.68. The fourth-order valence-corrected chi connectivity index (χ4v) is 0.347. The van der Waals surface area contributed by atoms with E-state index in [1.807, 2.05) is 0 Å². The van der Waals surface area contributed by atoms with E-state index in [0.29, 0.717) is 11.3 Å². The second kappa shape index (κ2) is 3.89. The van der Waals surface area contributed by atoms with Crippen molar-refractivity contribution in [2.75, 3.05) is 7.11 Å². The molecule has 50 valence electrons. The fourth-order valence-electron chi connectivity index (χ4n) is 0.347. The third-order valence-electron chi connectivity index (χ3n) is 0.837. The van der Waals surface area contributed by atoms with Crippen LogP contribution >= 0.6 is 0 Å². The molecule has 0 aromatic carbocycles. The average molecular weight is 126 g/mol. The van der Waals surface area contributed by atoms with E-state index >= 15 is 0 Å². The zero-order chi connectivity index (χ0) is 7.28. The molecule has 0 saturated carbocycles. The Morgan fingerprint density at radius 3 is 2.56 bits per heavy atom. The van der Waals surface area contributed by atoms with Gasteiger partial charge in [-0.15, -0.1) is 0 Å². The first-order valence-corrected chi connectivity index (χ1v) is 2.57. The van der Waals surface area contributed by atoms with E-state index in [-0.39, 0.29) is 0 Å². The van der Waals surface area contributed by atoms with Crippen molar-refractivity contribution in [1.29, 1.82) is 0 Å². The molecule has 0 radical (unpaired) electrons. The molecule has 0 bridgehead atoms. The van der Waals surface area contributed by atoms with Crippen molar-refractivity contribution >= 4 is 6.29 Å². The van der Waals surface area contributed by atoms with E-state index in [2.05, 4.69) is 6.58 Å². The van der Waals surface area contributed by atoms with Crippen LogP contribution in [0.4, 0.5) is 0 Å². The number of carbonyl (C=O) groups is 1. The van der Waals surface area contributed by atoms with Gasteiger partial charge in [0.2, 0.25) is 0 Å². The van der Waals surface area contributed by atoms with Crippen molar-refractivity contribution in [3.63, 3.8) is 0 Å². The highest BCUT2D eigenvalue weighted by Gasteiger charge is 1.85. The van der Waals surface area contributed by atoms with Crippen molar-refractivity contribution in [2.24, 2.45) is 0 Å². The Bertz CT molecular complexity index is 145. The van der Waals surface area contributed by atoms with Gasteiger partial charge in [-0.2, -0.15) is 0 Å². The zero-order valence-electron chi connectivity index (χ0n) is 5.68. The molecule has 0 aliphatic rings. The summed E-state index contributed by atoms with van der Waals surface area (Å²) in [5.74, 6) is 0.500. The number of hydrogen-bond donors (Lipinski definition) is 0. The average Bonchev–Trinajstić information content (AvgIpc) is 1.87. The first-order valence-electron chi connectivity index (χ1n) is 2.57. The van der Waals surface area contributed by atoms with Crippen LogP contribution in [0, 0.1) is 0 Å². The van der Waals surface area contributed by atoms with E-state index in [4.69, 9.17) is 4.74 Å². The lowest BCUT2D eigenvalue weighted by Crippen LogP contribution is -1.81. The lowest BCUT2D eigenvalue weighted by atomic mass is 10.3. The molecular formula is C7H10O2. The molecule has 0 unspecified atom stereocenters. The Labute approximate surface area is 54.8 Å². The molecule has 0 rings (SSSR count). The summed E-state index contributed by atoms with van der Waals surface area (Å²) in [6.45, 7) is 5.20. The Kier molecular flexibility index (Phi) is 3.44. The van der Waals surface area contributed by atoms with Gasteiger partial charge >= 0.3 is 0 Å². The minimum Gasteiger partial charge on any atom is -0.497 e. The van der Waals surface area contributed by atoms with Crippen molar-refractivity contribution in [1.82, 2.24) is 0 Å². The van der Waals surface area contributed by atoms with E-state index < -0.39 is 0 Å². The monoisotopic (exact) mass is 126 g/mol. The number of carbonyl (C=O) groups excluding carboxylic acids is 1. The van der Waals surface area contributed by atoms with Crippen LogP contribution < -0.4 is 0 Å². The number of ether oxygens (including phenoxy) is 1. The number of rotatable bonds is 3. The summed E-state index contributed by atoms with van der Waals surface area (Å²) in [5.41, 5.74) is 0.613. The van der Waals surface area contributed by atoms with E-state index in [0.717, 1.165) is 6.29 Å². The molecule has 2 heteroatoms. The van der Waals surface area contributed by atoms with Gasteiger partial charge in [0.05, 0.1) is 7.11 Å². The molecule has 0 N–H and O–H groups in total. The summed E-state index contributed by atoms with van der Waals surface area (Å²) in [4.78, 5) is 9.99. The van der Waals surface area contributed by atoms with Crippen LogP contribution in [0.15, 0.2) is 24.0 Å². The molecule has 0 spiro atoms. The standard InChI is InChI=1S/C7H10O2/c1-6(5-8)4-7(2)9-3/h4-5H,2H2,1,3H3/b6-4+. The second-order valence-corrected chi connectivity index (χ2v) is 1.68. The molecule has 0 atom stereocenters. The van der Waals surface area contributed by atoms with Crippen LogP contribution in [0.25, 0.3) is 0 Å². The highest BCUT2D eigenvalue weighted by molar-refractivity contribution is 5.72. The Balaban J connectivity index is 3.94. The minimum absolute atomic E-state index is 0.500. The topological polar surface area (TPSA) is 26.3 Å². The van der Waals surface area contributed by atoms with Crippen molar-refractivity contribution in [3.05, 3.63) is 24.0 Å². The van der Waals surface area contributed by atoms with Gasteiger partial charge in [-0.1, -0.05) is 6.58 Å². The van der Waals surface area contributed by atoms with Gasteiger partial charge in [-0.3, -0.25) is 4.79 Å². The van der Waals surface area contributed by atoms with Crippen LogP contribution in [-0.4, -0.2) is 13.4 Å². The Morgan fingerprint density at radius 2 is 2.22 bits per heavy atom. The van der Waals surface area contributed by atoms with Crippen molar-refractivity contribution in [2.45, 2.75) is 6.92 Å². The lowest BCUT2D eigenvalue weighted by molar-refractivity contribution is -0.104. The predicted molar refractivity (Wildman–Crippen MR) is 36.0 cm³/mol. The SMILES string of the molecule is C=C(/C=C(\C)C=O)OC.